The van der Waals surface area contributed by atoms with Crippen molar-refractivity contribution in [2.45, 2.75) is 46.3 Å². The van der Waals surface area contributed by atoms with Crippen molar-refractivity contribution in [1.82, 2.24) is 4.98 Å². The number of pyridine rings is 1. The lowest BCUT2D eigenvalue weighted by Crippen LogP contribution is -2.24. The van der Waals surface area contributed by atoms with Crippen LogP contribution in [0.4, 0.5) is 0 Å². The second kappa shape index (κ2) is 8.62. The van der Waals surface area contributed by atoms with E-state index in [1.807, 2.05) is 44.2 Å². The quantitative estimate of drug-likeness (QED) is 0.455. The number of ether oxygens (including phenoxy) is 3. The van der Waals surface area contributed by atoms with Crippen molar-refractivity contribution in [1.29, 1.82) is 5.26 Å². The van der Waals surface area contributed by atoms with Gasteiger partial charge in [-0.1, -0.05) is 51.5 Å². The van der Waals surface area contributed by atoms with Crippen LogP contribution in [0, 0.1) is 22.2 Å². The maximum Gasteiger partial charge on any atom is 0.330 e. The summed E-state index contributed by atoms with van der Waals surface area (Å²) in [5.41, 5.74) is -1.32. The normalized spacial score (nSPS) is 21.8. The summed E-state index contributed by atoms with van der Waals surface area (Å²) in [6, 6.07) is 16.7. The Morgan fingerprint density at radius 1 is 1.17 bits per heavy atom. The Labute approximate surface area is 171 Å². The highest BCUT2D eigenvalue weighted by Crippen LogP contribution is 2.65. The predicted molar refractivity (Wildman–Crippen MR) is 107 cm³/mol. The Morgan fingerprint density at radius 2 is 1.93 bits per heavy atom. The summed E-state index contributed by atoms with van der Waals surface area (Å²) in [6.07, 6.45) is 1.42. The summed E-state index contributed by atoms with van der Waals surface area (Å²) < 4.78 is 17.0. The fourth-order valence-electron chi connectivity index (χ4n) is 3.47. The van der Waals surface area contributed by atoms with Gasteiger partial charge in [-0.05, 0) is 24.6 Å². The van der Waals surface area contributed by atoms with E-state index in [1.165, 1.54) is 0 Å². The van der Waals surface area contributed by atoms with Crippen molar-refractivity contribution in [3.8, 4) is 17.7 Å². The van der Waals surface area contributed by atoms with Gasteiger partial charge in [0, 0.05) is 18.1 Å². The Hall–Kier alpha value is -2.91. The molecule has 1 fully saturated rings. The largest absolute Gasteiger partial charge is 0.458 e. The van der Waals surface area contributed by atoms with Gasteiger partial charge in [0.2, 0.25) is 5.88 Å². The molecule has 1 heterocycles. The van der Waals surface area contributed by atoms with Crippen LogP contribution in [0.15, 0.2) is 48.5 Å². The van der Waals surface area contributed by atoms with Crippen LogP contribution in [0.25, 0.3) is 0 Å². The van der Waals surface area contributed by atoms with Crippen LogP contribution in [-0.4, -0.2) is 23.7 Å². The van der Waals surface area contributed by atoms with E-state index in [-0.39, 0.29) is 6.61 Å². The van der Waals surface area contributed by atoms with Gasteiger partial charge in [-0.3, -0.25) is 4.79 Å². The van der Waals surface area contributed by atoms with Gasteiger partial charge in [0.05, 0.1) is 17.9 Å². The van der Waals surface area contributed by atoms with Crippen molar-refractivity contribution < 1.29 is 19.0 Å². The van der Waals surface area contributed by atoms with Crippen LogP contribution in [0.3, 0.4) is 0 Å². The second-order valence-electron chi connectivity index (χ2n) is 7.70. The zero-order chi connectivity index (χ0) is 20.9. The number of hydrogen-bond acceptors (Lipinski definition) is 6. The third kappa shape index (κ3) is 4.10. The van der Waals surface area contributed by atoms with Gasteiger partial charge in [0.25, 0.3) is 0 Å². The lowest BCUT2D eigenvalue weighted by Gasteiger charge is -2.11. The zero-order valence-corrected chi connectivity index (χ0v) is 17.1. The predicted octanol–water partition coefficient (Wildman–Crippen LogP) is 4.65. The van der Waals surface area contributed by atoms with Crippen LogP contribution < -0.4 is 4.74 Å². The molecule has 3 rings (SSSR count). The molecule has 1 aromatic heterocycles. The number of rotatable bonds is 9. The third-order valence-electron chi connectivity index (χ3n) is 5.36. The Bertz CT molecular complexity index is 891. The van der Waals surface area contributed by atoms with Gasteiger partial charge in [0.1, 0.15) is 12.4 Å². The number of unbranched alkanes of at least 4 members (excludes halogenated alkanes) is 1. The second-order valence-corrected chi connectivity index (χ2v) is 7.70. The minimum absolute atomic E-state index is 0.0357. The van der Waals surface area contributed by atoms with E-state index in [1.54, 1.807) is 18.2 Å². The third-order valence-corrected chi connectivity index (χ3v) is 5.36. The van der Waals surface area contributed by atoms with Crippen LogP contribution in [0.2, 0.25) is 0 Å². The fraction of sp³-hybridized carbons (Fsp3) is 0.435. The summed E-state index contributed by atoms with van der Waals surface area (Å²) in [5, 5.41) is 9.73. The number of hydrogen-bond donors (Lipinski definition) is 0. The average molecular weight is 394 g/mol. The monoisotopic (exact) mass is 394 g/mol. The summed E-state index contributed by atoms with van der Waals surface area (Å²) in [5.74, 6) is 0.513. The smallest absolute Gasteiger partial charge is 0.330 e. The van der Waals surface area contributed by atoms with Crippen LogP contribution in [-0.2, 0) is 20.9 Å². The van der Waals surface area contributed by atoms with E-state index in [9.17, 15) is 10.1 Å². The average Bonchev–Trinajstić information content (AvgIpc) is 3.22. The molecule has 0 spiro atoms. The van der Waals surface area contributed by atoms with Crippen molar-refractivity contribution >= 4 is 5.97 Å². The molecule has 6 heteroatoms. The Kier molecular flexibility index (Phi) is 6.19. The SMILES string of the molecule is CCCCOC1C(C)(C)C1(C#N)C(=O)OCc1cccc(Oc2ccccc2)n1. The van der Waals surface area contributed by atoms with Crippen molar-refractivity contribution in [3.05, 3.63) is 54.2 Å². The Balaban J connectivity index is 1.63. The van der Waals surface area contributed by atoms with Gasteiger partial charge in [0.15, 0.2) is 5.41 Å². The van der Waals surface area contributed by atoms with Crippen LogP contribution in [0.1, 0.15) is 39.3 Å². The van der Waals surface area contributed by atoms with Gasteiger partial charge in [-0.25, -0.2) is 4.98 Å². The molecule has 6 nitrogen and oxygen atoms in total. The molecule has 0 bridgehead atoms. The molecule has 152 valence electrons. The number of nitrogens with zero attached hydrogens (tertiary/aromatic N) is 2. The van der Waals surface area contributed by atoms with E-state index in [0.717, 1.165) is 12.8 Å². The highest BCUT2D eigenvalue weighted by atomic mass is 16.5. The summed E-state index contributed by atoms with van der Waals surface area (Å²) >= 11 is 0. The molecule has 2 aromatic rings. The summed E-state index contributed by atoms with van der Waals surface area (Å²) in [7, 11) is 0. The molecule has 2 atom stereocenters. The summed E-state index contributed by atoms with van der Waals surface area (Å²) in [4.78, 5) is 17.2. The van der Waals surface area contributed by atoms with E-state index in [4.69, 9.17) is 14.2 Å². The number of para-hydroxylation sites is 1. The molecule has 1 saturated carbocycles. The van der Waals surface area contributed by atoms with E-state index in [2.05, 4.69) is 18.0 Å². The lowest BCUT2D eigenvalue weighted by atomic mass is 9.98. The first-order valence-electron chi connectivity index (χ1n) is 9.84. The minimum Gasteiger partial charge on any atom is -0.458 e. The number of benzene rings is 1. The zero-order valence-electron chi connectivity index (χ0n) is 17.1. The number of carbonyl (C=O) groups is 1. The van der Waals surface area contributed by atoms with Gasteiger partial charge < -0.3 is 14.2 Å². The molecular formula is C23H26N2O4. The van der Waals surface area contributed by atoms with Crippen LogP contribution in [0.5, 0.6) is 11.6 Å². The maximum absolute atomic E-state index is 12.8. The maximum atomic E-state index is 12.8. The molecular weight excluding hydrogens is 368 g/mol. The standard InChI is InChI=1S/C23H26N2O4/c1-4-5-14-27-20-22(2,3)23(20,16-24)21(26)28-15-17-10-9-13-19(25-17)29-18-11-7-6-8-12-18/h6-13,20H,4-5,14-15H2,1-3H3. The highest BCUT2D eigenvalue weighted by Gasteiger charge is 2.79. The molecule has 1 aliphatic carbocycles. The molecule has 0 radical (unpaired) electrons. The molecule has 1 aromatic carbocycles. The van der Waals surface area contributed by atoms with Gasteiger partial charge >= 0.3 is 5.97 Å². The number of nitriles is 1. The van der Waals surface area contributed by atoms with E-state index >= 15 is 0 Å². The lowest BCUT2D eigenvalue weighted by molar-refractivity contribution is -0.151. The minimum atomic E-state index is -1.28. The number of esters is 1. The van der Waals surface area contributed by atoms with Crippen molar-refractivity contribution in [3.63, 3.8) is 0 Å². The first-order chi connectivity index (χ1) is 14.0. The molecule has 29 heavy (non-hydrogen) atoms. The first kappa shape index (κ1) is 20.8. The number of aromatic nitrogens is 1. The molecule has 0 amide bonds. The van der Waals surface area contributed by atoms with Crippen molar-refractivity contribution in [2.75, 3.05) is 6.61 Å². The van der Waals surface area contributed by atoms with E-state index in [0.29, 0.717) is 23.9 Å². The number of carbonyl (C=O) groups excluding carboxylic acids is 1. The van der Waals surface area contributed by atoms with Crippen LogP contribution >= 0.6 is 0 Å². The molecule has 2 unspecified atom stereocenters. The Morgan fingerprint density at radius 3 is 2.62 bits per heavy atom. The molecule has 0 saturated heterocycles. The topological polar surface area (TPSA) is 81.4 Å². The fourth-order valence-corrected chi connectivity index (χ4v) is 3.47. The van der Waals surface area contributed by atoms with Crippen molar-refractivity contribution in [2.24, 2.45) is 10.8 Å². The van der Waals surface area contributed by atoms with Gasteiger partial charge in [-0.15, -0.1) is 0 Å². The van der Waals surface area contributed by atoms with Gasteiger partial charge in [-0.2, -0.15) is 5.26 Å². The molecule has 0 N–H and O–H groups in total. The summed E-state index contributed by atoms with van der Waals surface area (Å²) in [6.45, 7) is 6.28. The molecule has 0 aliphatic heterocycles. The molecule has 1 aliphatic rings. The first-order valence-corrected chi connectivity index (χ1v) is 9.84. The van der Waals surface area contributed by atoms with E-state index < -0.39 is 22.9 Å². The highest BCUT2D eigenvalue weighted by molar-refractivity contribution is 5.87.